The van der Waals surface area contributed by atoms with Crippen LogP contribution in [0.4, 0.5) is 0 Å². The summed E-state index contributed by atoms with van der Waals surface area (Å²) >= 11 is 3.35. The van der Waals surface area contributed by atoms with Crippen molar-refractivity contribution in [2.45, 2.75) is 6.92 Å². The first-order valence-corrected chi connectivity index (χ1v) is 6.06. The average Bonchev–Trinajstić information content (AvgIpc) is 2.32. The van der Waals surface area contributed by atoms with Crippen LogP contribution >= 0.6 is 15.9 Å². The Balaban J connectivity index is 2.13. The summed E-state index contributed by atoms with van der Waals surface area (Å²) in [6.45, 7) is 1.34. The third kappa shape index (κ3) is 3.60. The highest BCUT2D eigenvalue weighted by atomic mass is 79.9. The lowest BCUT2D eigenvalue weighted by molar-refractivity contribution is -0.131. The van der Waals surface area contributed by atoms with Crippen LogP contribution in [0.25, 0.3) is 0 Å². The molecule has 4 heteroatoms. The lowest BCUT2D eigenvalue weighted by atomic mass is 10.3. The second kappa shape index (κ2) is 5.69. The SMILES string of the molecule is CC(=O)Oc1[c]ccc(Oc2ccc(Br)cc2)c1. The van der Waals surface area contributed by atoms with Gasteiger partial charge in [-0.05, 0) is 36.4 Å². The first-order valence-electron chi connectivity index (χ1n) is 5.27. The molecule has 0 aliphatic carbocycles. The molecule has 2 aromatic rings. The number of carbonyl (C=O) groups excluding carboxylic acids is 1. The predicted molar refractivity (Wildman–Crippen MR) is 70.8 cm³/mol. The van der Waals surface area contributed by atoms with Gasteiger partial charge in [0.15, 0.2) is 0 Å². The molecule has 0 saturated carbocycles. The Morgan fingerprint density at radius 2 is 1.89 bits per heavy atom. The third-order valence-electron chi connectivity index (χ3n) is 2.05. The van der Waals surface area contributed by atoms with Crippen LogP contribution < -0.4 is 9.47 Å². The van der Waals surface area contributed by atoms with E-state index < -0.39 is 0 Å². The first kappa shape index (κ1) is 12.6. The van der Waals surface area contributed by atoms with Crippen molar-refractivity contribution < 1.29 is 14.3 Å². The summed E-state index contributed by atoms with van der Waals surface area (Å²) in [4.78, 5) is 10.8. The van der Waals surface area contributed by atoms with E-state index in [1.165, 1.54) is 6.92 Å². The number of benzene rings is 2. The van der Waals surface area contributed by atoms with Gasteiger partial charge in [-0.1, -0.05) is 15.9 Å². The van der Waals surface area contributed by atoms with E-state index in [1.807, 2.05) is 24.3 Å². The number of hydrogen-bond donors (Lipinski definition) is 0. The van der Waals surface area contributed by atoms with Crippen LogP contribution in [0.15, 0.2) is 46.9 Å². The smallest absolute Gasteiger partial charge is 0.308 e. The van der Waals surface area contributed by atoms with E-state index in [1.54, 1.807) is 18.2 Å². The molecule has 0 aromatic heterocycles. The number of rotatable bonds is 3. The van der Waals surface area contributed by atoms with Gasteiger partial charge in [0.05, 0.1) is 0 Å². The highest BCUT2D eigenvalue weighted by Gasteiger charge is 2.02. The fourth-order valence-electron chi connectivity index (χ4n) is 1.34. The van der Waals surface area contributed by atoms with Crippen molar-refractivity contribution in [3.05, 3.63) is 53.0 Å². The molecule has 0 spiro atoms. The summed E-state index contributed by atoms with van der Waals surface area (Å²) in [6.07, 6.45) is 0. The lowest BCUT2D eigenvalue weighted by Crippen LogP contribution is -2.01. The van der Waals surface area contributed by atoms with Crippen LogP contribution in [0, 0.1) is 6.07 Å². The van der Waals surface area contributed by atoms with Crippen LogP contribution in [-0.4, -0.2) is 5.97 Å². The zero-order chi connectivity index (χ0) is 13.0. The molecule has 2 aromatic carbocycles. The van der Waals surface area contributed by atoms with Crippen LogP contribution in [-0.2, 0) is 4.79 Å². The van der Waals surface area contributed by atoms with Crippen molar-refractivity contribution in [1.82, 2.24) is 0 Å². The predicted octanol–water partition coefficient (Wildman–Crippen LogP) is 3.97. The van der Waals surface area contributed by atoms with Crippen molar-refractivity contribution in [1.29, 1.82) is 0 Å². The molecule has 0 aliphatic heterocycles. The van der Waals surface area contributed by atoms with E-state index >= 15 is 0 Å². The zero-order valence-corrected chi connectivity index (χ0v) is 11.2. The normalized spacial score (nSPS) is 9.89. The van der Waals surface area contributed by atoms with Crippen molar-refractivity contribution in [2.75, 3.05) is 0 Å². The molecular weight excluding hydrogens is 296 g/mol. The number of carbonyl (C=O) groups is 1. The summed E-state index contributed by atoms with van der Waals surface area (Å²) in [6, 6.07) is 15.3. The Morgan fingerprint density at radius 1 is 1.17 bits per heavy atom. The fourth-order valence-corrected chi connectivity index (χ4v) is 1.61. The van der Waals surface area contributed by atoms with Gasteiger partial charge in [0.2, 0.25) is 0 Å². The molecule has 0 amide bonds. The molecule has 3 nitrogen and oxygen atoms in total. The minimum Gasteiger partial charge on any atom is -0.457 e. The average molecular weight is 306 g/mol. The molecule has 91 valence electrons. The summed E-state index contributed by atoms with van der Waals surface area (Å²) in [5, 5.41) is 0. The van der Waals surface area contributed by atoms with Gasteiger partial charge < -0.3 is 9.47 Å². The number of hydrogen-bond acceptors (Lipinski definition) is 3. The minimum absolute atomic E-state index is 0.345. The largest absolute Gasteiger partial charge is 0.457 e. The van der Waals surface area contributed by atoms with Crippen LogP contribution in [0.2, 0.25) is 0 Å². The van der Waals surface area contributed by atoms with Crippen molar-refractivity contribution in [2.24, 2.45) is 0 Å². The van der Waals surface area contributed by atoms with Crippen LogP contribution in [0.1, 0.15) is 6.92 Å². The van der Waals surface area contributed by atoms with Crippen molar-refractivity contribution in [3.8, 4) is 17.2 Å². The van der Waals surface area contributed by atoms with Gasteiger partial charge >= 0.3 is 5.97 Å². The molecule has 0 aliphatic rings. The van der Waals surface area contributed by atoms with E-state index in [9.17, 15) is 4.79 Å². The molecule has 0 saturated heterocycles. The highest BCUT2D eigenvalue weighted by molar-refractivity contribution is 9.10. The quantitative estimate of drug-likeness (QED) is 0.636. The molecule has 0 N–H and O–H groups in total. The monoisotopic (exact) mass is 305 g/mol. The summed E-state index contributed by atoms with van der Waals surface area (Å²) in [5.41, 5.74) is 0. The molecular formula is C14H10BrO3. The van der Waals surface area contributed by atoms with E-state index in [4.69, 9.17) is 9.47 Å². The molecule has 1 radical (unpaired) electrons. The fraction of sp³-hybridized carbons (Fsp3) is 0.0714. The van der Waals surface area contributed by atoms with E-state index in [0.29, 0.717) is 17.2 Å². The molecule has 0 fully saturated rings. The standard InChI is InChI=1S/C14H10BrO3/c1-10(16)17-13-3-2-4-14(9-13)18-12-7-5-11(15)6-8-12/h2,4-9H,1H3. The Bertz CT molecular complexity index is 549. The van der Waals surface area contributed by atoms with Crippen molar-refractivity contribution in [3.63, 3.8) is 0 Å². The van der Waals surface area contributed by atoms with Gasteiger partial charge in [0, 0.05) is 23.5 Å². The Hall–Kier alpha value is -1.81. The van der Waals surface area contributed by atoms with Crippen LogP contribution in [0.3, 0.4) is 0 Å². The molecule has 0 unspecified atom stereocenters. The van der Waals surface area contributed by atoms with Crippen LogP contribution in [0.5, 0.6) is 17.2 Å². The van der Waals surface area contributed by atoms with E-state index in [-0.39, 0.29) is 5.97 Å². The second-order valence-corrected chi connectivity index (χ2v) is 4.45. The Labute approximate surface area is 113 Å². The second-order valence-electron chi connectivity index (χ2n) is 3.54. The topological polar surface area (TPSA) is 35.5 Å². The summed E-state index contributed by atoms with van der Waals surface area (Å²) in [5.74, 6) is 1.26. The number of ether oxygens (including phenoxy) is 2. The third-order valence-corrected chi connectivity index (χ3v) is 2.58. The van der Waals surface area contributed by atoms with Gasteiger partial charge in [-0.2, -0.15) is 0 Å². The highest BCUT2D eigenvalue weighted by Crippen LogP contribution is 2.26. The maximum absolute atomic E-state index is 10.8. The molecule has 0 heterocycles. The van der Waals surface area contributed by atoms with Crippen molar-refractivity contribution >= 4 is 21.9 Å². The van der Waals surface area contributed by atoms with Gasteiger partial charge in [-0.15, -0.1) is 0 Å². The van der Waals surface area contributed by atoms with E-state index in [2.05, 4.69) is 22.0 Å². The molecule has 0 bridgehead atoms. The Kier molecular flexibility index (Phi) is 3.99. The Morgan fingerprint density at radius 3 is 2.56 bits per heavy atom. The summed E-state index contributed by atoms with van der Waals surface area (Å²) < 4.78 is 11.5. The lowest BCUT2D eigenvalue weighted by Gasteiger charge is -2.07. The van der Waals surface area contributed by atoms with Gasteiger partial charge in [-0.25, -0.2) is 0 Å². The number of esters is 1. The van der Waals surface area contributed by atoms with Gasteiger partial charge in [0.25, 0.3) is 0 Å². The maximum Gasteiger partial charge on any atom is 0.308 e. The zero-order valence-electron chi connectivity index (χ0n) is 9.64. The molecule has 18 heavy (non-hydrogen) atoms. The molecule has 0 atom stereocenters. The minimum atomic E-state index is -0.382. The van der Waals surface area contributed by atoms with E-state index in [0.717, 1.165) is 4.47 Å². The van der Waals surface area contributed by atoms with Gasteiger partial charge in [0.1, 0.15) is 17.2 Å². The summed E-state index contributed by atoms with van der Waals surface area (Å²) in [7, 11) is 0. The maximum atomic E-state index is 10.8. The molecule has 2 rings (SSSR count). The van der Waals surface area contributed by atoms with Gasteiger partial charge in [-0.3, -0.25) is 4.79 Å². The number of halogens is 1. The first-order chi connectivity index (χ1) is 8.63.